The fraction of sp³-hybridized carbons (Fsp3) is 0.692. The van der Waals surface area contributed by atoms with E-state index in [2.05, 4.69) is 0 Å². The zero-order valence-electron chi connectivity index (χ0n) is 19.0. The van der Waals surface area contributed by atoms with Gasteiger partial charge in [0.1, 0.15) is 0 Å². The summed E-state index contributed by atoms with van der Waals surface area (Å²) < 4.78 is 52.7. The van der Waals surface area contributed by atoms with Crippen LogP contribution in [0.15, 0.2) is 24.0 Å². The molecule has 0 amide bonds. The smallest absolute Gasteiger partial charge is 0.204 e. The standard InChI is InChI=1S/C26H37F3O2/c1-3-5-22(27)16-18-6-10-20(11-7-18)21-12-8-19(9-13-21)17-31-24-15-14-23(30-4-2)25(28)26(24)29/h14-16,18-21H,3-13,17H2,1-2H3. The third-order valence-corrected chi connectivity index (χ3v) is 7.07. The van der Waals surface area contributed by atoms with E-state index in [0.29, 0.717) is 24.9 Å². The van der Waals surface area contributed by atoms with Crippen molar-refractivity contribution in [2.24, 2.45) is 23.7 Å². The van der Waals surface area contributed by atoms with Gasteiger partial charge in [-0.15, -0.1) is 0 Å². The molecule has 0 bridgehead atoms. The maximum Gasteiger partial charge on any atom is 0.204 e. The molecule has 0 heterocycles. The fourth-order valence-corrected chi connectivity index (χ4v) is 5.29. The highest BCUT2D eigenvalue weighted by molar-refractivity contribution is 5.35. The van der Waals surface area contributed by atoms with E-state index < -0.39 is 11.6 Å². The molecule has 2 aliphatic rings. The van der Waals surface area contributed by atoms with Gasteiger partial charge in [-0.25, -0.2) is 4.39 Å². The Bertz CT molecular complexity index is 718. The van der Waals surface area contributed by atoms with E-state index in [0.717, 1.165) is 43.9 Å². The van der Waals surface area contributed by atoms with Gasteiger partial charge in [-0.1, -0.05) is 6.92 Å². The third-order valence-electron chi connectivity index (χ3n) is 7.07. The summed E-state index contributed by atoms with van der Waals surface area (Å²) in [7, 11) is 0. The van der Waals surface area contributed by atoms with Crippen LogP contribution in [0.4, 0.5) is 13.2 Å². The molecule has 0 aliphatic heterocycles. The van der Waals surface area contributed by atoms with Gasteiger partial charge >= 0.3 is 0 Å². The summed E-state index contributed by atoms with van der Waals surface area (Å²) in [6, 6.07) is 2.87. The highest BCUT2D eigenvalue weighted by Crippen LogP contribution is 2.42. The number of hydrogen-bond donors (Lipinski definition) is 0. The van der Waals surface area contributed by atoms with Gasteiger partial charge in [0, 0.05) is 0 Å². The molecule has 0 saturated heterocycles. The molecule has 2 aliphatic carbocycles. The molecule has 3 rings (SSSR count). The number of ether oxygens (including phenoxy) is 2. The summed E-state index contributed by atoms with van der Waals surface area (Å²) >= 11 is 0. The average molecular weight is 439 g/mol. The molecule has 0 radical (unpaired) electrons. The van der Waals surface area contributed by atoms with E-state index in [4.69, 9.17) is 9.47 Å². The maximum atomic E-state index is 14.2. The van der Waals surface area contributed by atoms with Gasteiger partial charge < -0.3 is 9.47 Å². The van der Waals surface area contributed by atoms with Crippen LogP contribution in [-0.2, 0) is 0 Å². The van der Waals surface area contributed by atoms with Crippen LogP contribution in [0, 0.1) is 35.3 Å². The topological polar surface area (TPSA) is 18.5 Å². The van der Waals surface area contributed by atoms with Crippen LogP contribution in [0.3, 0.4) is 0 Å². The monoisotopic (exact) mass is 438 g/mol. The molecule has 0 spiro atoms. The van der Waals surface area contributed by atoms with Crippen LogP contribution in [0.5, 0.6) is 11.5 Å². The fourth-order valence-electron chi connectivity index (χ4n) is 5.29. The minimum absolute atomic E-state index is 0.0373. The van der Waals surface area contributed by atoms with Crippen LogP contribution in [0.1, 0.15) is 78.1 Å². The Hall–Kier alpha value is -1.65. The van der Waals surface area contributed by atoms with Crippen molar-refractivity contribution in [1.29, 1.82) is 0 Å². The lowest BCUT2D eigenvalue weighted by Gasteiger charge is -2.37. The molecule has 0 unspecified atom stereocenters. The summed E-state index contributed by atoms with van der Waals surface area (Å²) in [5.74, 6) is 0.277. The van der Waals surface area contributed by atoms with Gasteiger partial charge in [0.25, 0.3) is 0 Å². The molecule has 0 aromatic heterocycles. The second-order valence-corrected chi connectivity index (χ2v) is 9.25. The van der Waals surface area contributed by atoms with Gasteiger partial charge in [0.15, 0.2) is 11.5 Å². The van der Waals surface area contributed by atoms with Crippen molar-refractivity contribution in [3.63, 3.8) is 0 Å². The van der Waals surface area contributed by atoms with Gasteiger partial charge in [-0.2, -0.15) is 8.78 Å². The van der Waals surface area contributed by atoms with Crippen molar-refractivity contribution in [2.45, 2.75) is 78.1 Å². The van der Waals surface area contributed by atoms with E-state index in [-0.39, 0.29) is 23.9 Å². The van der Waals surface area contributed by atoms with Crippen molar-refractivity contribution >= 4 is 0 Å². The number of halogens is 3. The normalized spacial score (nSPS) is 27.2. The van der Waals surface area contributed by atoms with Gasteiger partial charge in [0.05, 0.1) is 19.0 Å². The van der Waals surface area contributed by atoms with Crippen LogP contribution in [0.25, 0.3) is 0 Å². The Balaban J connectivity index is 1.41. The van der Waals surface area contributed by atoms with E-state index >= 15 is 0 Å². The van der Waals surface area contributed by atoms with Gasteiger partial charge in [0.2, 0.25) is 11.6 Å². The minimum atomic E-state index is -0.983. The number of allylic oxidation sites excluding steroid dienone is 2. The number of rotatable bonds is 9. The van der Waals surface area contributed by atoms with E-state index in [9.17, 15) is 13.2 Å². The largest absolute Gasteiger partial charge is 0.491 e. The quantitative estimate of drug-likeness (QED) is 0.389. The molecular formula is C26H37F3O2. The molecule has 31 heavy (non-hydrogen) atoms. The predicted molar refractivity (Wildman–Crippen MR) is 118 cm³/mol. The third kappa shape index (κ3) is 6.66. The Morgan fingerprint density at radius 1 is 0.871 bits per heavy atom. The van der Waals surface area contributed by atoms with Crippen LogP contribution in [0.2, 0.25) is 0 Å². The van der Waals surface area contributed by atoms with Crippen molar-refractivity contribution < 1.29 is 22.6 Å². The van der Waals surface area contributed by atoms with Crippen LogP contribution in [-0.4, -0.2) is 13.2 Å². The Kier molecular flexibility index (Phi) is 9.15. The Labute approximate surface area is 185 Å². The molecule has 1 aromatic carbocycles. The minimum Gasteiger partial charge on any atom is -0.491 e. The Morgan fingerprint density at radius 2 is 1.42 bits per heavy atom. The SMILES string of the molecule is CCCC(F)=CC1CCC(C2CCC(COc3ccc(OCC)c(F)c3F)CC2)CC1. The lowest BCUT2D eigenvalue weighted by atomic mass is 9.69. The van der Waals surface area contributed by atoms with Crippen molar-refractivity contribution in [3.8, 4) is 11.5 Å². The van der Waals surface area contributed by atoms with Crippen molar-refractivity contribution in [2.75, 3.05) is 13.2 Å². The predicted octanol–water partition coefficient (Wildman–Crippen LogP) is 8.01. The molecule has 2 saturated carbocycles. The van der Waals surface area contributed by atoms with E-state index in [1.807, 2.05) is 13.0 Å². The summed E-state index contributed by atoms with van der Waals surface area (Å²) in [6.45, 7) is 4.45. The molecule has 2 nitrogen and oxygen atoms in total. The lowest BCUT2D eigenvalue weighted by molar-refractivity contribution is 0.127. The van der Waals surface area contributed by atoms with Crippen molar-refractivity contribution in [1.82, 2.24) is 0 Å². The molecule has 0 atom stereocenters. The lowest BCUT2D eigenvalue weighted by Crippen LogP contribution is -2.27. The van der Waals surface area contributed by atoms with Crippen molar-refractivity contribution in [3.05, 3.63) is 35.7 Å². The molecule has 174 valence electrons. The maximum absolute atomic E-state index is 14.2. The number of benzene rings is 1. The summed E-state index contributed by atoms with van der Waals surface area (Å²) in [4.78, 5) is 0. The van der Waals surface area contributed by atoms with Gasteiger partial charge in [-0.05, 0) is 113 Å². The van der Waals surface area contributed by atoms with E-state index in [1.165, 1.54) is 37.8 Å². The number of hydrogen-bond acceptors (Lipinski definition) is 2. The summed E-state index contributed by atoms with van der Waals surface area (Å²) in [6.07, 6.45) is 12.4. The second-order valence-electron chi connectivity index (χ2n) is 9.25. The first-order valence-corrected chi connectivity index (χ1v) is 12.1. The first-order chi connectivity index (χ1) is 15.0. The highest BCUT2D eigenvalue weighted by Gasteiger charge is 2.31. The summed E-state index contributed by atoms with van der Waals surface area (Å²) in [5.41, 5.74) is 0. The average Bonchev–Trinajstić information content (AvgIpc) is 2.78. The first kappa shape index (κ1) is 24.0. The molecule has 0 N–H and O–H groups in total. The molecular weight excluding hydrogens is 401 g/mol. The second kappa shape index (κ2) is 11.8. The Morgan fingerprint density at radius 3 is 1.97 bits per heavy atom. The van der Waals surface area contributed by atoms with Crippen LogP contribution < -0.4 is 9.47 Å². The van der Waals surface area contributed by atoms with E-state index in [1.54, 1.807) is 6.92 Å². The molecule has 5 heteroatoms. The van der Waals surface area contributed by atoms with Gasteiger partial charge in [-0.3, -0.25) is 0 Å². The first-order valence-electron chi connectivity index (χ1n) is 12.1. The zero-order valence-corrected chi connectivity index (χ0v) is 19.0. The van der Waals surface area contributed by atoms with Crippen LogP contribution >= 0.6 is 0 Å². The molecule has 2 fully saturated rings. The molecule has 1 aromatic rings. The highest BCUT2D eigenvalue weighted by atomic mass is 19.2. The zero-order chi connectivity index (χ0) is 22.2. The summed E-state index contributed by atoms with van der Waals surface area (Å²) in [5, 5.41) is 0.